The van der Waals surface area contributed by atoms with Crippen molar-refractivity contribution in [1.29, 1.82) is 0 Å². The van der Waals surface area contributed by atoms with Crippen molar-refractivity contribution in [2.75, 3.05) is 18.5 Å². The van der Waals surface area contributed by atoms with Gasteiger partial charge in [-0.25, -0.2) is 4.39 Å². The molecule has 1 atom stereocenters. The van der Waals surface area contributed by atoms with Crippen LogP contribution < -0.4 is 10.6 Å². The number of aliphatic hydroxyl groups is 1. The summed E-state index contributed by atoms with van der Waals surface area (Å²) < 4.78 is 13.1. The first-order valence-corrected chi connectivity index (χ1v) is 8.95. The van der Waals surface area contributed by atoms with Crippen LogP contribution in [0.25, 0.3) is 0 Å². The molecule has 2 rings (SSSR count). The van der Waals surface area contributed by atoms with Crippen molar-refractivity contribution in [3.63, 3.8) is 0 Å². The largest absolute Gasteiger partial charge is 0.396 e. The number of hydrogen-bond donors (Lipinski definition) is 3. The van der Waals surface area contributed by atoms with Crippen LogP contribution in [0.3, 0.4) is 0 Å². The van der Waals surface area contributed by atoms with Gasteiger partial charge in [-0.3, -0.25) is 9.59 Å². The number of carbonyl (C=O) groups is 2. The van der Waals surface area contributed by atoms with E-state index in [-0.39, 0.29) is 23.2 Å². The Kier molecular flexibility index (Phi) is 7.36. The standard InChI is InChI=1S/C17H18ClFN2O3S/c18-13-10-12(3-4-14(13)19)21-17(24)16(23)20-7-5-11(6-8-22)15-2-1-9-25-15/h1-4,9-11,22H,5-8H2,(H,20,23)(H,21,24). The maximum atomic E-state index is 13.1. The summed E-state index contributed by atoms with van der Waals surface area (Å²) in [5.41, 5.74) is 0.239. The smallest absolute Gasteiger partial charge is 0.313 e. The Morgan fingerprint density at radius 2 is 2.04 bits per heavy atom. The highest BCUT2D eigenvalue weighted by Gasteiger charge is 2.16. The van der Waals surface area contributed by atoms with Crippen molar-refractivity contribution >= 4 is 40.4 Å². The van der Waals surface area contributed by atoms with Gasteiger partial charge in [0.05, 0.1) is 5.02 Å². The lowest BCUT2D eigenvalue weighted by Gasteiger charge is -2.14. The highest BCUT2D eigenvalue weighted by atomic mass is 35.5. The van der Waals surface area contributed by atoms with Crippen LogP contribution in [0.1, 0.15) is 23.6 Å². The summed E-state index contributed by atoms with van der Waals surface area (Å²) in [5, 5.41) is 15.9. The third-order valence-corrected chi connectivity index (χ3v) is 4.91. The number of amides is 2. The first kappa shape index (κ1) is 19.4. The minimum absolute atomic E-state index is 0.0579. The van der Waals surface area contributed by atoms with Gasteiger partial charge in [0.15, 0.2) is 0 Å². The van der Waals surface area contributed by atoms with E-state index < -0.39 is 17.6 Å². The van der Waals surface area contributed by atoms with Crippen LogP contribution in [0.5, 0.6) is 0 Å². The average molecular weight is 385 g/mol. The van der Waals surface area contributed by atoms with Gasteiger partial charge < -0.3 is 15.7 Å². The van der Waals surface area contributed by atoms with Gasteiger partial charge in [0, 0.05) is 23.7 Å². The summed E-state index contributed by atoms with van der Waals surface area (Å²) in [6.07, 6.45) is 1.21. The Bertz CT molecular complexity index is 725. The van der Waals surface area contributed by atoms with Gasteiger partial charge in [-0.2, -0.15) is 0 Å². The molecule has 2 aromatic rings. The lowest BCUT2D eigenvalue weighted by atomic mass is 10.00. The van der Waals surface area contributed by atoms with Crippen molar-refractivity contribution in [3.8, 4) is 0 Å². The van der Waals surface area contributed by atoms with E-state index in [0.717, 1.165) is 10.9 Å². The Hall–Kier alpha value is -1.96. The average Bonchev–Trinajstić information content (AvgIpc) is 3.11. The van der Waals surface area contributed by atoms with Crippen molar-refractivity contribution in [2.45, 2.75) is 18.8 Å². The molecule has 25 heavy (non-hydrogen) atoms. The van der Waals surface area contributed by atoms with E-state index in [4.69, 9.17) is 16.7 Å². The van der Waals surface area contributed by atoms with Crippen LogP contribution in [-0.2, 0) is 9.59 Å². The molecule has 0 aliphatic rings. The van der Waals surface area contributed by atoms with Gasteiger partial charge in [0.2, 0.25) is 0 Å². The molecule has 134 valence electrons. The van der Waals surface area contributed by atoms with Crippen molar-refractivity contribution < 1.29 is 19.1 Å². The first-order chi connectivity index (χ1) is 12.0. The van der Waals surface area contributed by atoms with E-state index in [2.05, 4.69) is 10.6 Å². The second-order valence-electron chi connectivity index (χ2n) is 5.35. The number of benzene rings is 1. The molecule has 0 saturated carbocycles. The Morgan fingerprint density at radius 1 is 1.24 bits per heavy atom. The van der Waals surface area contributed by atoms with Gasteiger partial charge in [-0.15, -0.1) is 11.3 Å². The van der Waals surface area contributed by atoms with E-state index in [1.165, 1.54) is 12.1 Å². The van der Waals surface area contributed by atoms with Crippen LogP contribution >= 0.6 is 22.9 Å². The molecule has 0 radical (unpaired) electrons. The molecule has 1 aromatic carbocycles. The summed E-state index contributed by atoms with van der Waals surface area (Å²) in [7, 11) is 0. The van der Waals surface area contributed by atoms with E-state index in [1.807, 2.05) is 17.5 Å². The topological polar surface area (TPSA) is 78.4 Å². The molecule has 5 nitrogen and oxygen atoms in total. The number of hydrogen-bond acceptors (Lipinski definition) is 4. The molecule has 1 heterocycles. The predicted octanol–water partition coefficient (Wildman–Crippen LogP) is 3.15. The maximum absolute atomic E-state index is 13.1. The van der Waals surface area contributed by atoms with Crippen LogP contribution in [0.2, 0.25) is 5.02 Å². The fourth-order valence-corrected chi connectivity index (χ4v) is 3.39. The minimum atomic E-state index is -0.850. The monoisotopic (exact) mass is 384 g/mol. The number of rotatable bonds is 7. The van der Waals surface area contributed by atoms with E-state index >= 15 is 0 Å². The van der Waals surface area contributed by atoms with Crippen molar-refractivity contribution in [1.82, 2.24) is 5.32 Å². The Balaban J connectivity index is 1.82. The summed E-state index contributed by atoms with van der Waals surface area (Å²) >= 11 is 7.22. The first-order valence-electron chi connectivity index (χ1n) is 7.69. The predicted molar refractivity (Wildman–Crippen MR) is 96.4 cm³/mol. The van der Waals surface area contributed by atoms with Gasteiger partial charge in [-0.1, -0.05) is 17.7 Å². The third-order valence-electron chi connectivity index (χ3n) is 3.59. The zero-order valence-electron chi connectivity index (χ0n) is 13.3. The van der Waals surface area contributed by atoms with Crippen molar-refractivity contribution in [3.05, 3.63) is 51.4 Å². The van der Waals surface area contributed by atoms with Gasteiger partial charge in [0.25, 0.3) is 0 Å². The zero-order chi connectivity index (χ0) is 18.2. The molecule has 0 aliphatic carbocycles. The SMILES string of the molecule is O=C(NCCC(CCO)c1cccs1)C(=O)Nc1ccc(F)c(Cl)c1. The highest BCUT2D eigenvalue weighted by molar-refractivity contribution is 7.10. The fraction of sp³-hybridized carbons (Fsp3) is 0.294. The molecule has 0 fully saturated rings. The molecule has 3 N–H and O–H groups in total. The molecule has 2 amide bonds. The lowest BCUT2D eigenvalue weighted by Crippen LogP contribution is -2.36. The molecule has 0 bridgehead atoms. The number of thiophene rings is 1. The Labute approximate surface area is 153 Å². The minimum Gasteiger partial charge on any atom is -0.396 e. The van der Waals surface area contributed by atoms with Crippen LogP contribution in [0, 0.1) is 5.82 Å². The second-order valence-corrected chi connectivity index (χ2v) is 6.74. The number of carbonyl (C=O) groups excluding carboxylic acids is 2. The lowest BCUT2D eigenvalue weighted by molar-refractivity contribution is -0.136. The van der Waals surface area contributed by atoms with Gasteiger partial charge >= 0.3 is 11.8 Å². The second kappa shape index (κ2) is 9.50. The molecule has 0 saturated heterocycles. The summed E-state index contributed by atoms with van der Waals surface area (Å²) in [4.78, 5) is 24.8. The third kappa shape index (κ3) is 5.81. The molecule has 8 heteroatoms. The number of aliphatic hydroxyl groups excluding tert-OH is 1. The van der Waals surface area contributed by atoms with Gasteiger partial charge in [-0.05, 0) is 48.4 Å². The highest BCUT2D eigenvalue weighted by Crippen LogP contribution is 2.26. The number of halogens is 2. The van der Waals surface area contributed by atoms with Crippen LogP contribution in [-0.4, -0.2) is 30.1 Å². The molecule has 1 aromatic heterocycles. The van der Waals surface area contributed by atoms with Crippen molar-refractivity contribution in [2.24, 2.45) is 0 Å². The Morgan fingerprint density at radius 3 is 2.68 bits per heavy atom. The zero-order valence-corrected chi connectivity index (χ0v) is 14.9. The quantitative estimate of drug-likeness (QED) is 0.642. The van der Waals surface area contributed by atoms with E-state index in [1.54, 1.807) is 11.3 Å². The maximum Gasteiger partial charge on any atom is 0.313 e. The fourth-order valence-electron chi connectivity index (χ4n) is 2.31. The molecular formula is C17H18ClFN2O3S. The number of nitrogens with one attached hydrogen (secondary N) is 2. The van der Waals surface area contributed by atoms with Crippen LogP contribution in [0.15, 0.2) is 35.7 Å². The molecule has 1 unspecified atom stereocenters. The summed E-state index contributed by atoms with van der Waals surface area (Å²) in [6, 6.07) is 7.58. The summed E-state index contributed by atoms with van der Waals surface area (Å²) in [6.45, 7) is 0.362. The number of anilines is 1. The van der Waals surface area contributed by atoms with E-state index in [0.29, 0.717) is 19.4 Å². The van der Waals surface area contributed by atoms with Gasteiger partial charge in [0.1, 0.15) is 5.82 Å². The normalized spacial score (nSPS) is 11.8. The van der Waals surface area contributed by atoms with Crippen LogP contribution in [0.4, 0.5) is 10.1 Å². The molecule has 0 aliphatic heterocycles. The molecule has 0 spiro atoms. The summed E-state index contributed by atoms with van der Waals surface area (Å²) in [5.74, 6) is -2.11. The molecular weight excluding hydrogens is 367 g/mol. The van der Waals surface area contributed by atoms with E-state index in [9.17, 15) is 14.0 Å².